The number of methoxy groups -OCH3 is 2. The fourth-order valence-electron chi connectivity index (χ4n) is 4.19. The van der Waals surface area contributed by atoms with Gasteiger partial charge in [0, 0.05) is 30.1 Å². The quantitative estimate of drug-likeness (QED) is 0.571. The molecule has 2 aliphatic rings. The highest BCUT2D eigenvalue weighted by molar-refractivity contribution is 8.93. The molecular weight excluding hydrogens is 481 g/mol. The lowest BCUT2D eigenvalue weighted by atomic mass is 9.85. The van der Waals surface area contributed by atoms with E-state index in [-0.39, 0.29) is 64.2 Å². The normalized spacial score (nSPS) is 15.4. The summed E-state index contributed by atoms with van der Waals surface area (Å²) in [5.41, 5.74) is 2.79. The fourth-order valence-corrected chi connectivity index (χ4v) is 4.19. The number of ether oxygens (including phenoxy) is 3. The summed E-state index contributed by atoms with van der Waals surface area (Å²) in [6.07, 6.45) is 0. The number of carbonyl (C=O) groups excluding carboxylic acids is 1. The summed E-state index contributed by atoms with van der Waals surface area (Å²) in [4.78, 5) is 14.7. The maximum absolute atomic E-state index is 15.0. The summed E-state index contributed by atoms with van der Waals surface area (Å²) in [5.74, 6) is 0.148. The lowest BCUT2D eigenvalue weighted by molar-refractivity contribution is 0.0962. The van der Waals surface area contributed by atoms with Crippen LogP contribution < -0.4 is 19.5 Å². The molecule has 0 aromatic heterocycles. The average Bonchev–Trinajstić information content (AvgIpc) is 3.23. The number of rotatable bonds is 6. The molecule has 2 aliphatic heterocycles. The zero-order chi connectivity index (χ0) is 22.5. The standard InChI is InChI=1S/C23H26FN3O4.BrH/c1-23(2)11-31-20-14(23)6-12(7-15(20)26-3)16(28)10-27-9-13-8-17(29-4)21(30-5)19(24)18(13)22(27)25;/h6-8,25-26H,9-11H2,1-5H3;1H. The molecular formula is C23H27BrFN3O4. The minimum absolute atomic E-state index is 0. The predicted molar refractivity (Wildman–Crippen MR) is 126 cm³/mol. The molecule has 9 heteroatoms. The van der Waals surface area contributed by atoms with Gasteiger partial charge < -0.3 is 24.4 Å². The first-order chi connectivity index (χ1) is 14.7. The third-order valence-corrected chi connectivity index (χ3v) is 5.93. The van der Waals surface area contributed by atoms with Crippen LogP contribution in [0.25, 0.3) is 0 Å². The highest BCUT2D eigenvalue weighted by atomic mass is 79.9. The van der Waals surface area contributed by atoms with Gasteiger partial charge in [0.2, 0.25) is 0 Å². The number of anilines is 1. The Morgan fingerprint density at radius 3 is 2.62 bits per heavy atom. The molecule has 0 unspecified atom stereocenters. The Labute approximate surface area is 197 Å². The Hall–Kier alpha value is -2.81. The van der Waals surface area contributed by atoms with Gasteiger partial charge in [0.25, 0.3) is 0 Å². The van der Waals surface area contributed by atoms with E-state index in [0.717, 1.165) is 17.0 Å². The fraction of sp³-hybridized carbons (Fsp3) is 0.391. The molecule has 0 atom stereocenters. The van der Waals surface area contributed by atoms with Gasteiger partial charge in [-0.15, -0.1) is 17.0 Å². The van der Waals surface area contributed by atoms with E-state index in [2.05, 4.69) is 19.2 Å². The van der Waals surface area contributed by atoms with Crippen molar-refractivity contribution in [3.8, 4) is 17.2 Å². The number of fused-ring (bicyclic) bond motifs is 2. The second-order valence-electron chi connectivity index (χ2n) is 8.41. The molecule has 0 fully saturated rings. The third-order valence-electron chi connectivity index (χ3n) is 5.93. The van der Waals surface area contributed by atoms with Crippen LogP contribution in [0.3, 0.4) is 0 Å². The van der Waals surface area contributed by atoms with E-state index in [0.29, 0.717) is 17.7 Å². The van der Waals surface area contributed by atoms with Crippen LogP contribution in [0.1, 0.15) is 40.9 Å². The minimum Gasteiger partial charge on any atom is -0.493 e. The molecule has 0 radical (unpaired) electrons. The second-order valence-corrected chi connectivity index (χ2v) is 8.41. The highest BCUT2D eigenvalue weighted by Crippen LogP contribution is 2.44. The smallest absolute Gasteiger partial charge is 0.197 e. The van der Waals surface area contributed by atoms with Crippen molar-refractivity contribution in [2.45, 2.75) is 25.8 Å². The molecule has 0 saturated carbocycles. The van der Waals surface area contributed by atoms with Gasteiger partial charge in [0.05, 0.1) is 38.6 Å². The van der Waals surface area contributed by atoms with Crippen LogP contribution >= 0.6 is 17.0 Å². The van der Waals surface area contributed by atoms with Gasteiger partial charge in [-0.3, -0.25) is 10.2 Å². The van der Waals surface area contributed by atoms with Crippen molar-refractivity contribution in [3.63, 3.8) is 0 Å². The molecule has 2 aromatic carbocycles. The summed E-state index contributed by atoms with van der Waals surface area (Å²) < 4.78 is 31.1. The molecule has 0 aliphatic carbocycles. The van der Waals surface area contributed by atoms with Gasteiger partial charge >= 0.3 is 0 Å². The summed E-state index contributed by atoms with van der Waals surface area (Å²) in [7, 11) is 4.57. The average molecular weight is 508 g/mol. The number of nitrogens with one attached hydrogen (secondary N) is 2. The molecule has 2 aromatic rings. The number of benzene rings is 2. The van der Waals surface area contributed by atoms with E-state index in [1.807, 2.05) is 6.07 Å². The number of amidine groups is 1. The summed E-state index contributed by atoms with van der Waals surface area (Å²) in [6.45, 7) is 4.89. The van der Waals surface area contributed by atoms with E-state index in [1.165, 1.54) is 14.2 Å². The molecule has 2 N–H and O–H groups in total. The van der Waals surface area contributed by atoms with Crippen LogP contribution in [0.4, 0.5) is 10.1 Å². The molecule has 7 nitrogen and oxygen atoms in total. The van der Waals surface area contributed by atoms with Gasteiger partial charge in [-0.25, -0.2) is 4.39 Å². The van der Waals surface area contributed by atoms with Crippen LogP contribution in [0, 0.1) is 11.2 Å². The van der Waals surface area contributed by atoms with Gasteiger partial charge in [-0.05, 0) is 23.8 Å². The maximum Gasteiger partial charge on any atom is 0.197 e. The van der Waals surface area contributed by atoms with E-state index in [4.69, 9.17) is 19.6 Å². The van der Waals surface area contributed by atoms with Crippen LogP contribution in [-0.4, -0.2) is 50.9 Å². The Balaban J connectivity index is 0.00000289. The number of carbonyl (C=O) groups is 1. The number of hydrogen-bond acceptors (Lipinski definition) is 6. The third kappa shape index (κ3) is 3.68. The van der Waals surface area contributed by atoms with Crippen LogP contribution in [0.2, 0.25) is 0 Å². The number of Topliss-reactive ketones (excluding diaryl/α,β-unsaturated/α-hetero) is 1. The Morgan fingerprint density at radius 2 is 2.00 bits per heavy atom. The van der Waals surface area contributed by atoms with Crippen molar-refractivity contribution < 1.29 is 23.4 Å². The van der Waals surface area contributed by atoms with E-state index in [9.17, 15) is 9.18 Å². The molecule has 172 valence electrons. The zero-order valence-electron chi connectivity index (χ0n) is 18.7. The SMILES string of the molecule is Br.CNc1cc(C(=O)CN2Cc3cc(OC)c(OC)c(F)c3C2=N)cc2c1OCC2(C)C. The van der Waals surface area contributed by atoms with Crippen molar-refractivity contribution in [2.75, 3.05) is 39.7 Å². The maximum atomic E-state index is 15.0. The Kier molecular flexibility index (Phi) is 6.42. The van der Waals surface area contributed by atoms with Gasteiger partial charge in [-0.2, -0.15) is 0 Å². The van der Waals surface area contributed by atoms with Gasteiger partial charge in [0.1, 0.15) is 11.6 Å². The lowest BCUT2D eigenvalue weighted by Crippen LogP contribution is -2.30. The van der Waals surface area contributed by atoms with Crippen molar-refractivity contribution in [1.29, 1.82) is 5.41 Å². The number of halogens is 2. The number of hydrogen-bond donors (Lipinski definition) is 2. The molecule has 0 amide bonds. The minimum atomic E-state index is -0.648. The van der Waals surface area contributed by atoms with E-state index in [1.54, 1.807) is 24.1 Å². The largest absolute Gasteiger partial charge is 0.493 e. The molecule has 0 spiro atoms. The topological polar surface area (TPSA) is 83.9 Å². The second kappa shape index (κ2) is 8.61. The summed E-state index contributed by atoms with van der Waals surface area (Å²) >= 11 is 0. The Bertz CT molecular complexity index is 1100. The van der Waals surface area contributed by atoms with Crippen molar-refractivity contribution in [2.24, 2.45) is 0 Å². The van der Waals surface area contributed by atoms with Crippen molar-refractivity contribution >= 4 is 34.3 Å². The van der Waals surface area contributed by atoms with Crippen LogP contribution in [0.5, 0.6) is 17.2 Å². The number of nitrogens with zero attached hydrogens (tertiary/aromatic N) is 1. The first kappa shape index (κ1) is 23.8. The molecule has 0 saturated heterocycles. The van der Waals surface area contributed by atoms with Crippen LogP contribution in [-0.2, 0) is 12.0 Å². The predicted octanol–water partition coefficient (Wildman–Crippen LogP) is 4.16. The lowest BCUT2D eigenvalue weighted by Gasteiger charge is -2.19. The first-order valence-electron chi connectivity index (χ1n) is 10.0. The summed E-state index contributed by atoms with van der Waals surface area (Å²) in [5, 5.41) is 11.6. The highest BCUT2D eigenvalue weighted by Gasteiger charge is 2.36. The van der Waals surface area contributed by atoms with Gasteiger partial charge in [-0.1, -0.05) is 13.8 Å². The first-order valence-corrected chi connectivity index (χ1v) is 10.0. The summed E-state index contributed by atoms with van der Waals surface area (Å²) in [6, 6.07) is 5.29. The van der Waals surface area contributed by atoms with E-state index >= 15 is 0 Å². The van der Waals surface area contributed by atoms with Gasteiger partial charge in [0.15, 0.2) is 23.1 Å². The molecule has 4 rings (SSSR count). The Morgan fingerprint density at radius 1 is 1.28 bits per heavy atom. The van der Waals surface area contributed by atoms with Crippen LogP contribution in [0.15, 0.2) is 18.2 Å². The van der Waals surface area contributed by atoms with Crippen molar-refractivity contribution in [1.82, 2.24) is 4.90 Å². The monoisotopic (exact) mass is 507 g/mol. The molecule has 2 heterocycles. The molecule has 32 heavy (non-hydrogen) atoms. The molecule has 0 bridgehead atoms. The van der Waals surface area contributed by atoms with Crippen molar-refractivity contribution in [3.05, 3.63) is 46.3 Å². The zero-order valence-corrected chi connectivity index (χ0v) is 20.4. The number of ketones is 1. The van der Waals surface area contributed by atoms with E-state index < -0.39 is 5.82 Å².